The van der Waals surface area contributed by atoms with E-state index in [4.69, 9.17) is 0 Å². The molecule has 1 amide bonds. The van der Waals surface area contributed by atoms with Crippen LogP contribution in [-0.4, -0.2) is 45.9 Å². The standard InChI is InChI=1S/C15H17BrN4O/c16-13-9-20-4-2-11(6-14(20)18-13)15(21)17-12-5-10-1-3-19(7-10)8-12/h2,4,6,9-10,12H,1,3,5,7-8H2,(H,17,21)/t10?,12-/m1/s1. The van der Waals surface area contributed by atoms with Crippen molar-refractivity contribution >= 4 is 27.5 Å². The van der Waals surface area contributed by atoms with E-state index in [0.29, 0.717) is 5.56 Å². The first-order valence-corrected chi connectivity index (χ1v) is 8.14. The maximum Gasteiger partial charge on any atom is 0.251 e. The molecule has 21 heavy (non-hydrogen) atoms. The van der Waals surface area contributed by atoms with E-state index in [2.05, 4.69) is 31.1 Å². The highest BCUT2D eigenvalue weighted by Gasteiger charge is 2.32. The third-order valence-corrected chi connectivity index (χ3v) is 4.88. The largest absolute Gasteiger partial charge is 0.348 e. The molecule has 6 heteroatoms. The second kappa shape index (κ2) is 5.10. The number of hydrogen-bond acceptors (Lipinski definition) is 3. The van der Waals surface area contributed by atoms with Crippen molar-refractivity contribution in [2.45, 2.75) is 18.9 Å². The average Bonchev–Trinajstić information content (AvgIpc) is 2.99. The van der Waals surface area contributed by atoms with Crippen molar-refractivity contribution in [3.05, 3.63) is 34.7 Å². The van der Waals surface area contributed by atoms with Gasteiger partial charge in [-0.05, 0) is 53.4 Å². The van der Waals surface area contributed by atoms with E-state index >= 15 is 0 Å². The zero-order valence-corrected chi connectivity index (χ0v) is 13.2. The van der Waals surface area contributed by atoms with Crippen LogP contribution in [0.25, 0.3) is 5.65 Å². The number of hydrogen-bond donors (Lipinski definition) is 1. The van der Waals surface area contributed by atoms with Crippen molar-refractivity contribution in [2.75, 3.05) is 19.6 Å². The van der Waals surface area contributed by atoms with Gasteiger partial charge in [-0.3, -0.25) is 4.79 Å². The molecule has 0 aromatic carbocycles. The molecule has 2 aliphatic rings. The average molecular weight is 349 g/mol. The van der Waals surface area contributed by atoms with Crippen LogP contribution >= 0.6 is 15.9 Å². The van der Waals surface area contributed by atoms with Gasteiger partial charge in [0.15, 0.2) is 0 Å². The summed E-state index contributed by atoms with van der Waals surface area (Å²) < 4.78 is 2.67. The fourth-order valence-electron chi connectivity index (χ4n) is 3.53. The zero-order chi connectivity index (χ0) is 14.4. The molecule has 1 N–H and O–H groups in total. The van der Waals surface area contributed by atoms with Gasteiger partial charge in [-0.1, -0.05) is 0 Å². The van der Waals surface area contributed by atoms with Gasteiger partial charge < -0.3 is 14.6 Å². The molecular formula is C15H17BrN4O. The van der Waals surface area contributed by atoms with E-state index in [1.165, 1.54) is 19.5 Å². The molecule has 0 spiro atoms. The van der Waals surface area contributed by atoms with E-state index in [1.54, 1.807) is 0 Å². The highest BCUT2D eigenvalue weighted by molar-refractivity contribution is 9.10. The minimum Gasteiger partial charge on any atom is -0.348 e. The molecule has 110 valence electrons. The number of carbonyl (C=O) groups excluding carboxylic acids is 1. The van der Waals surface area contributed by atoms with Gasteiger partial charge in [0, 0.05) is 37.1 Å². The van der Waals surface area contributed by atoms with Gasteiger partial charge in [-0.15, -0.1) is 0 Å². The highest BCUT2D eigenvalue weighted by Crippen LogP contribution is 2.26. The van der Waals surface area contributed by atoms with Crippen molar-refractivity contribution in [1.29, 1.82) is 0 Å². The maximum atomic E-state index is 12.4. The molecular weight excluding hydrogens is 332 g/mol. The van der Waals surface area contributed by atoms with Crippen LogP contribution in [0.4, 0.5) is 0 Å². The van der Waals surface area contributed by atoms with E-state index in [9.17, 15) is 4.79 Å². The number of carbonyl (C=O) groups is 1. The van der Waals surface area contributed by atoms with E-state index in [1.807, 2.05) is 28.9 Å². The van der Waals surface area contributed by atoms with Gasteiger partial charge in [0.25, 0.3) is 5.91 Å². The summed E-state index contributed by atoms with van der Waals surface area (Å²) in [7, 11) is 0. The lowest BCUT2D eigenvalue weighted by Gasteiger charge is -2.30. The molecule has 0 aliphatic carbocycles. The number of rotatable bonds is 2. The summed E-state index contributed by atoms with van der Waals surface area (Å²) in [6.07, 6.45) is 6.14. The van der Waals surface area contributed by atoms with E-state index in [-0.39, 0.29) is 11.9 Å². The summed E-state index contributed by atoms with van der Waals surface area (Å²) in [5, 5.41) is 3.18. The van der Waals surface area contributed by atoms with Crippen LogP contribution in [0.5, 0.6) is 0 Å². The minimum atomic E-state index is 0.00382. The minimum absolute atomic E-state index is 0.00382. The Balaban J connectivity index is 1.50. The summed E-state index contributed by atoms with van der Waals surface area (Å²) in [5.74, 6) is 0.763. The number of halogens is 1. The van der Waals surface area contributed by atoms with Crippen molar-refractivity contribution in [3.8, 4) is 0 Å². The highest BCUT2D eigenvalue weighted by atomic mass is 79.9. The molecule has 2 fully saturated rings. The smallest absolute Gasteiger partial charge is 0.251 e. The zero-order valence-electron chi connectivity index (χ0n) is 11.6. The van der Waals surface area contributed by atoms with Crippen LogP contribution in [0.15, 0.2) is 29.1 Å². The van der Waals surface area contributed by atoms with Crippen molar-refractivity contribution < 1.29 is 4.79 Å². The Morgan fingerprint density at radius 2 is 2.33 bits per heavy atom. The quantitative estimate of drug-likeness (QED) is 0.901. The molecule has 2 unspecified atom stereocenters. The molecule has 5 nitrogen and oxygen atoms in total. The number of piperidine rings is 1. The number of aromatic nitrogens is 2. The van der Waals surface area contributed by atoms with Gasteiger partial charge >= 0.3 is 0 Å². The topological polar surface area (TPSA) is 49.6 Å². The van der Waals surface area contributed by atoms with Crippen LogP contribution in [0, 0.1) is 5.92 Å². The van der Waals surface area contributed by atoms with Crippen molar-refractivity contribution in [1.82, 2.24) is 19.6 Å². The Kier molecular flexibility index (Phi) is 3.23. The maximum absolute atomic E-state index is 12.4. The van der Waals surface area contributed by atoms with Crippen LogP contribution < -0.4 is 5.32 Å². The summed E-state index contributed by atoms with van der Waals surface area (Å²) >= 11 is 3.35. The third-order valence-electron chi connectivity index (χ3n) is 4.49. The van der Waals surface area contributed by atoms with Crippen molar-refractivity contribution in [2.24, 2.45) is 5.92 Å². The van der Waals surface area contributed by atoms with Gasteiger partial charge in [0.1, 0.15) is 10.3 Å². The molecule has 2 aromatic heterocycles. The first-order chi connectivity index (χ1) is 10.2. The van der Waals surface area contributed by atoms with Gasteiger partial charge in [-0.2, -0.15) is 0 Å². The van der Waals surface area contributed by atoms with Crippen LogP contribution in [0.3, 0.4) is 0 Å². The van der Waals surface area contributed by atoms with Crippen LogP contribution in [0.2, 0.25) is 0 Å². The third kappa shape index (κ3) is 2.58. The summed E-state index contributed by atoms with van der Waals surface area (Å²) in [4.78, 5) is 19.2. The summed E-state index contributed by atoms with van der Waals surface area (Å²) in [6.45, 7) is 3.38. The molecule has 2 aliphatic heterocycles. The fraction of sp³-hybridized carbons (Fsp3) is 0.467. The second-order valence-corrected chi connectivity index (χ2v) is 6.88. The fourth-order valence-corrected chi connectivity index (χ4v) is 3.93. The molecule has 2 bridgehead atoms. The lowest BCUT2D eigenvalue weighted by atomic mass is 9.96. The van der Waals surface area contributed by atoms with Gasteiger partial charge in [0.05, 0.1) is 0 Å². The number of nitrogens with one attached hydrogen (secondary N) is 1. The molecule has 0 radical (unpaired) electrons. The number of amides is 1. The molecule has 3 atom stereocenters. The summed E-state index contributed by atoms with van der Waals surface area (Å²) in [6, 6.07) is 3.95. The van der Waals surface area contributed by atoms with E-state index < -0.39 is 0 Å². The lowest BCUT2D eigenvalue weighted by molar-refractivity contribution is 0.0909. The van der Waals surface area contributed by atoms with Crippen LogP contribution in [0.1, 0.15) is 23.2 Å². The summed E-state index contributed by atoms with van der Waals surface area (Å²) in [5.41, 5.74) is 1.45. The predicted molar refractivity (Wildman–Crippen MR) is 83.3 cm³/mol. The molecule has 0 saturated carbocycles. The predicted octanol–water partition coefficient (Wildman–Crippen LogP) is 1.92. The Labute approximate surface area is 131 Å². The first-order valence-electron chi connectivity index (χ1n) is 7.35. The lowest BCUT2D eigenvalue weighted by Crippen LogP contribution is -2.47. The molecule has 4 rings (SSSR count). The van der Waals surface area contributed by atoms with E-state index in [0.717, 1.165) is 29.1 Å². The first kappa shape index (κ1) is 13.3. The van der Waals surface area contributed by atoms with Crippen LogP contribution in [-0.2, 0) is 0 Å². The second-order valence-electron chi connectivity index (χ2n) is 6.06. The number of imidazole rings is 1. The number of pyridine rings is 1. The monoisotopic (exact) mass is 348 g/mol. The van der Waals surface area contributed by atoms with Crippen molar-refractivity contribution in [3.63, 3.8) is 0 Å². The molecule has 2 aromatic rings. The Morgan fingerprint density at radius 1 is 1.43 bits per heavy atom. The normalized spacial score (nSPS) is 28.0. The molecule has 2 saturated heterocycles. The molecule has 4 heterocycles. The SMILES string of the molecule is O=C(N[C@@H]1CC2CCN(C2)C1)c1ccn2cc(Br)nc2c1. The van der Waals surface area contributed by atoms with Gasteiger partial charge in [0.2, 0.25) is 0 Å². The van der Waals surface area contributed by atoms with Gasteiger partial charge in [-0.25, -0.2) is 4.98 Å². The Morgan fingerprint density at radius 3 is 3.19 bits per heavy atom. The number of nitrogens with zero attached hydrogens (tertiary/aromatic N) is 3. The Bertz CT molecular complexity index is 686. The Hall–Kier alpha value is -1.40. The number of fused-ring (bicyclic) bond motifs is 3.